The van der Waals surface area contributed by atoms with E-state index in [2.05, 4.69) is 4.98 Å². The second-order valence-corrected chi connectivity index (χ2v) is 4.09. The van der Waals surface area contributed by atoms with Crippen molar-refractivity contribution in [1.29, 1.82) is 0 Å². The Kier molecular flexibility index (Phi) is 3.84. The van der Waals surface area contributed by atoms with E-state index >= 15 is 0 Å². The fraction of sp³-hybridized carbons (Fsp3) is 0.0769. The molecular weight excluding hydrogens is 251 g/mol. The van der Waals surface area contributed by atoms with E-state index in [0.717, 1.165) is 5.56 Å². The Bertz CT molecular complexity index is 560. The molecule has 0 unspecified atom stereocenters. The predicted molar refractivity (Wildman–Crippen MR) is 70.9 cm³/mol. The van der Waals surface area contributed by atoms with Gasteiger partial charge in [0.25, 0.3) is 0 Å². The first-order valence-corrected chi connectivity index (χ1v) is 5.68. The molecule has 0 amide bonds. The third-order valence-electron chi connectivity index (χ3n) is 2.36. The summed E-state index contributed by atoms with van der Waals surface area (Å²) in [5, 5.41) is 0. The third-order valence-corrected chi connectivity index (χ3v) is 2.60. The highest BCUT2D eigenvalue weighted by Crippen LogP contribution is 2.19. The minimum absolute atomic E-state index is 0.162. The van der Waals surface area contributed by atoms with Gasteiger partial charge in [-0.25, -0.2) is 4.39 Å². The van der Waals surface area contributed by atoms with E-state index in [1.165, 1.54) is 12.1 Å². The van der Waals surface area contributed by atoms with Gasteiger partial charge in [0.1, 0.15) is 11.6 Å². The number of aromatic nitrogens is 1. The summed E-state index contributed by atoms with van der Waals surface area (Å²) in [7, 11) is 0. The number of hydrogen-bond acceptors (Lipinski definition) is 3. The normalized spacial score (nSPS) is 10.1. The lowest BCUT2D eigenvalue weighted by molar-refractivity contribution is 0.290. The second kappa shape index (κ2) is 5.55. The molecule has 1 heterocycles. The molecule has 0 radical (unpaired) electrons. The molecule has 0 aliphatic rings. The van der Waals surface area contributed by atoms with Crippen LogP contribution in [-0.2, 0) is 6.61 Å². The van der Waals surface area contributed by atoms with Crippen molar-refractivity contribution in [3.63, 3.8) is 0 Å². The summed E-state index contributed by atoms with van der Waals surface area (Å²) in [5.41, 5.74) is 6.82. The van der Waals surface area contributed by atoms with E-state index < -0.39 is 5.82 Å². The summed E-state index contributed by atoms with van der Waals surface area (Å²) in [5.74, 6) is -0.304. The van der Waals surface area contributed by atoms with Crippen LogP contribution in [0.2, 0.25) is 0 Å². The molecular formula is C13H11FN2OS. The van der Waals surface area contributed by atoms with Crippen LogP contribution in [0, 0.1) is 5.82 Å². The molecule has 0 saturated heterocycles. The molecule has 0 bridgehead atoms. The Hall–Kier alpha value is -2.01. The fourth-order valence-corrected chi connectivity index (χ4v) is 1.54. The van der Waals surface area contributed by atoms with Crippen molar-refractivity contribution in [3.05, 3.63) is 59.7 Å². The molecule has 0 spiro atoms. The van der Waals surface area contributed by atoms with Crippen molar-refractivity contribution >= 4 is 17.2 Å². The van der Waals surface area contributed by atoms with Gasteiger partial charge in [0.15, 0.2) is 11.6 Å². The van der Waals surface area contributed by atoms with Crippen molar-refractivity contribution in [3.8, 4) is 5.75 Å². The van der Waals surface area contributed by atoms with Crippen LogP contribution in [0.1, 0.15) is 11.1 Å². The van der Waals surface area contributed by atoms with Gasteiger partial charge in [-0.1, -0.05) is 12.2 Å². The summed E-state index contributed by atoms with van der Waals surface area (Å²) >= 11 is 4.77. The predicted octanol–water partition coefficient (Wildman–Crippen LogP) is 2.43. The van der Waals surface area contributed by atoms with Gasteiger partial charge in [0, 0.05) is 18.0 Å². The number of ether oxygens (including phenoxy) is 1. The van der Waals surface area contributed by atoms with Crippen molar-refractivity contribution < 1.29 is 9.13 Å². The minimum Gasteiger partial charge on any atom is -0.486 e. The van der Waals surface area contributed by atoms with E-state index in [4.69, 9.17) is 22.7 Å². The van der Waals surface area contributed by atoms with E-state index in [9.17, 15) is 4.39 Å². The molecule has 1 aromatic heterocycles. The number of halogens is 1. The Labute approximate surface area is 109 Å². The Morgan fingerprint density at radius 2 is 2.00 bits per heavy atom. The number of nitrogens with two attached hydrogens (primary N) is 1. The van der Waals surface area contributed by atoms with Crippen molar-refractivity contribution in [2.45, 2.75) is 6.61 Å². The average Bonchev–Trinajstić information content (AvgIpc) is 2.38. The maximum Gasteiger partial charge on any atom is 0.165 e. The molecule has 0 saturated carbocycles. The summed E-state index contributed by atoms with van der Waals surface area (Å²) in [6.45, 7) is 0.284. The van der Waals surface area contributed by atoms with Crippen LogP contribution in [0.3, 0.4) is 0 Å². The maximum atomic E-state index is 13.7. The smallest absolute Gasteiger partial charge is 0.165 e. The maximum absolute atomic E-state index is 13.7. The Morgan fingerprint density at radius 1 is 1.28 bits per heavy atom. The van der Waals surface area contributed by atoms with Crippen LogP contribution in [0.25, 0.3) is 0 Å². The number of pyridine rings is 1. The number of rotatable bonds is 4. The first kappa shape index (κ1) is 12.4. The highest BCUT2D eigenvalue weighted by atomic mass is 32.1. The van der Waals surface area contributed by atoms with Crippen LogP contribution in [0.5, 0.6) is 5.75 Å². The molecule has 0 aliphatic carbocycles. The van der Waals surface area contributed by atoms with Gasteiger partial charge in [-0.3, -0.25) is 4.98 Å². The van der Waals surface area contributed by atoms with E-state index in [1.807, 2.05) is 0 Å². The Balaban J connectivity index is 2.08. The zero-order chi connectivity index (χ0) is 13.0. The lowest BCUT2D eigenvalue weighted by Crippen LogP contribution is -2.09. The van der Waals surface area contributed by atoms with E-state index in [1.54, 1.807) is 30.6 Å². The van der Waals surface area contributed by atoms with E-state index in [0.29, 0.717) is 5.56 Å². The molecule has 2 aromatic rings. The summed E-state index contributed by atoms with van der Waals surface area (Å²) in [6.07, 6.45) is 3.32. The molecule has 5 heteroatoms. The molecule has 0 aliphatic heterocycles. The molecule has 3 nitrogen and oxygen atoms in total. The number of benzene rings is 1. The standard InChI is InChI=1S/C13H11FN2OS/c14-11-7-10(13(15)18)1-2-12(11)17-8-9-3-5-16-6-4-9/h1-7H,8H2,(H2,15,18). The van der Waals surface area contributed by atoms with Crippen LogP contribution in [0.4, 0.5) is 4.39 Å². The van der Waals surface area contributed by atoms with Gasteiger partial charge in [-0.05, 0) is 35.9 Å². The zero-order valence-corrected chi connectivity index (χ0v) is 10.3. The largest absolute Gasteiger partial charge is 0.486 e. The van der Waals surface area contributed by atoms with Gasteiger partial charge < -0.3 is 10.5 Å². The molecule has 1 aromatic carbocycles. The second-order valence-electron chi connectivity index (χ2n) is 3.65. The summed E-state index contributed by atoms with van der Waals surface area (Å²) in [6, 6.07) is 8.03. The van der Waals surface area contributed by atoms with Gasteiger partial charge >= 0.3 is 0 Å². The van der Waals surface area contributed by atoms with Crippen LogP contribution < -0.4 is 10.5 Å². The molecule has 18 heavy (non-hydrogen) atoms. The van der Waals surface area contributed by atoms with Gasteiger partial charge in [-0.15, -0.1) is 0 Å². The first-order valence-electron chi connectivity index (χ1n) is 5.28. The highest BCUT2D eigenvalue weighted by Gasteiger charge is 2.06. The topological polar surface area (TPSA) is 48.1 Å². The SMILES string of the molecule is NC(=S)c1ccc(OCc2ccncc2)c(F)c1. The number of nitrogens with zero attached hydrogens (tertiary/aromatic N) is 1. The third kappa shape index (κ3) is 3.01. The number of thiocarbonyl (C=S) groups is 1. The highest BCUT2D eigenvalue weighted by molar-refractivity contribution is 7.80. The van der Waals surface area contributed by atoms with Gasteiger partial charge in [0.2, 0.25) is 0 Å². The Morgan fingerprint density at radius 3 is 2.61 bits per heavy atom. The van der Waals surface area contributed by atoms with Crippen molar-refractivity contribution in [2.24, 2.45) is 5.73 Å². The molecule has 0 atom stereocenters. The van der Waals surface area contributed by atoms with Gasteiger partial charge in [-0.2, -0.15) is 0 Å². The van der Waals surface area contributed by atoms with Gasteiger partial charge in [0.05, 0.1) is 0 Å². The fourth-order valence-electron chi connectivity index (χ4n) is 1.41. The summed E-state index contributed by atoms with van der Waals surface area (Å²) in [4.78, 5) is 4.05. The average molecular weight is 262 g/mol. The zero-order valence-electron chi connectivity index (χ0n) is 9.47. The first-order chi connectivity index (χ1) is 8.66. The lowest BCUT2D eigenvalue weighted by Gasteiger charge is -2.08. The minimum atomic E-state index is -0.477. The lowest BCUT2D eigenvalue weighted by atomic mass is 10.2. The summed E-state index contributed by atoms with van der Waals surface area (Å²) < 4.78 is 19.0. The monoisotopic (exact) mass is 262 g/mol. The van der Waals surface area contributed by atoms with Crippen LogP contribution >= 0.6 is 12.2 Å². The van der Waals surface area contributed by atoms with Crippen LogP contribution in [-0.4, -0.2) is 9.97 Å². The van der Waals surface area contributed by atoms with Crippen LogP contribution in [0.15, 0.2) is 42.7 Å². The molecule has 2 rings (SSSR count). The van der Waals surface area contributed by atoms with E-state index in [-0.39, 0.29) is 17.3 Å². The molecule has 2 N–H and O–H groups in total. The molecule has 0 fully saturated rings. The van der Waals surface area contributed by atoms with Crippen molar-refractivity contribution in [2.75, 3.05) is 0 Å². The quantitative estimate of drug-likeness (QED) is 0.860. The number of hydrogen-bond donors (Lipinski definition) is 1. The molecule has 92 valence electrons. The van der Waals surface area contributed by atoms with Crippen molar-refractivity contribution in [1.82, 2.24) is 4.98 Å².